The highest BCUT2D eigenvalue weighted by Gasteiger charge is 2.42. The summed E-state index contributed by atoms with van der Waals surface area (Å²) in [6.07, 6.45) is 0.892. The fourth-order valence-corrected chi connectivity index (χ4v) is 2.13. The summed E-state index contributed by atoms with van der Waals surface area (Å²) in [5.41, 5.74) is 0.562. The molecule has 0 aliphatic carbocycles. The lowest BCUT2D eigenvalue weighted by Gasteiger charge is -2.28. The Kier molecular flexibility index (Phi) is 3.62. The zero-order valence-corrected chi connectivity index (χ0v) is 10.3. The molecule has 0 N–H and O–H groups in total. The van der Waals surface area contributed by atoms with Crippen LogP contribution in [-0.4, -0.2) is 20.5 Å². The van der Waals surface area contributed by atoms with Crippen LogP contribution < -0.4 is 0 Å². The van der Waals surface area contributed by atoms with Gasteiger partial charge in [-0.1, -0.05) is 6.07 Å². The van der Waals surface area contributed by atoms with Crippen molar-refractivity contribution in [1.82, 2.24) is 0 Å². The molecular weight excluding hydrogens is 237 g/mol. The van der Waals surface area contributed by atoms with E-state index in [0.29, 0.717) is 18.4 Å². The number of benzene rings is 1. The average molecular weight is 251 g/mol. The topological polar surface area (TPSA) is 51.5 Å². The van der Waals surface area contributed by atoms with Gasteiger partial charge in [-0.3, -0.25) is 0 Å². The van der Waals surface area contributed by atoms with Crippen LogP contribution in [0.5, 0.6) is 0 Å². The smallest absolute Gasteiger partial charge is 0.197 e. The van der Waals surface area contributed by atoms with Crippen molar-refractivity contribution in [3.8, 4) is 6.07 Å². The van der Waals surface area contributed by atoms with Crippen molar-refractivity contribution in [3.63, 3.8) is 0 Å². The first-order valence-corrected chi connectivity index (χ1v) is 5.61. The second kappa shape index (κ2) is 5.02. The highest BCUT2D eigenvalue weighted by Crippen LogP contribution is 2.40. The van der Waals surface area contributed by atoms with Gasteiger partial charge in [0.25, 0.3) is 0 Å². The van der Waals surface area contributed by atoms with Gasteiger partial charge in [0.05, 0.1) is 5.56 Å². The van der Waals surface area contributed by atoms with E-state index in [1.54, 1.807) is 19.2 Å². The fraction of sp³-hybridized carbons (Fsp3) is 0.462. The van der Waals surface area contributed by atoms with Gasteiger partial charge in [-0.25, -0.2) is 4.39 Å². The average Bonchev–Trinajstić information content (AvgIpc) is 2.83. The molecule has 0 amide bonds. The van der Waals surface area contributed by atoms with Gasteiger partial charge in [-0.15, -0.1) is 0 Å². The largest absolute Gasteiger partial charge is 0.356 e. The zero-order chi connectivity index (χ0) is 13.2. The first-order valence-electron chi connectivity index (χ1n) is 5.61. The number of ether oxygens (including phenoxy) is 3. The van der Waals surface area contributed by atoms with Gasteiger partial charge in [-0.05, 0) is 12.1 Å². The lowest BCUT2D eigenvalue weighted by atomic mass is 10.0. The summed E-state index contributed by atoms with van der Waals surface area (Å²) in [5.74, 6) is -1.56. The Bertz CT molecular complexity index is 486. The van der Waals surface area contributed by atoms with Crippen molar-refractivity contribution in [2.75, 3.05) is 14.2 Å². The third kappa shape index (κ3) is 2.10. The number of methoxy groups -OCH3 is 2. The van der Waals surface area contributed by atoms with Gasteiger partial charge in [0.2, 0.25) is 0 Å². The summed E-state index contributed by atoms with van der Waals surface area (Å²) in [6, 6.07) is 6.13. The van der Waals surface area contributed by atoms with Crippen LogP contribution in [0, 0.1) is 17.1 Å². The van der Waals surface area contributed by atoms with Crippen molar-refractivity contribution < 1.29 is 18.6 Å². The number of halogens is 1. The van der Waals surface area contributed by atoms with Crippen LogP contribution in [0.25, 0.3) is 0 Å². The molecule has 5 heteroatoms. The molecule has 2 rings (SSSR count). The van der Waals surface area contributed by atoms with Crippen LogP contribution in [0.15, 0.2) is 18.2 Å². The number of nitriles is 1. The second-order valence-corrected chi connectivity index (χ2v) is 4.09. The molecule has 96 valence electrons. The predicted octanol–water partition coefficient (Wildman–Crippen LogP) is 2.28. The standard InChI is InChI=1S/C13H14FNO3/c1-16-12-5-6-13(17-2,18-12)10-4-3-9(8-15)11(14)7-10/h3-4,7,12H,5-6H2,1-2H3. The van der Waals surface area contributed by atoms with E-state index in [9.17, 15) is 4.39 Å². The molecule has 1 fully saturated rings. The molecule has 1 aliphatic heterocycles. The van der Waals surface area contributed by atoms with Crippen molar-refractivity contribution in [2.45, 2.75) is 24.9 Å². The first-order chi connectivity index (χ1) is 8.65. The van der Waals surface area contributed by atoms with Gasteiger partial charge < -0.3 is 14.2 Å². The molecule has 18 heavy (non-hydrogen) atoms. The molecule has 1 saturated heterocycles. The molecule has 2 atom stereocenters. The Balaban J connectivity index is 2.35. The maximum absolute atomic E-state index is 13.6. The Hall–Kier alpha value is -1.48. The van der Waals surface area contributed by atoms with Crippen LogP contribution in [0.1, 0.15) is 24.0 Å². The molecule has 2 unspecified atom stereocenters. The zero-order valence-electron chi connectivity index (χ0n) is 10.3. The summed E-state index contributed by atoms with van der Waals surface area (Å²) in [7, 11) is 3.06. The maximum Gasteiger partial charge on any atom is 0.197 e. The van der Waals surface area contributed by atoms with E-state index in [0.717, 1.165) is 0 Å². The van der Waals surface area contributed by atoms with E-state index in [1.807, 2.05) is 0 Å². The molecule has 0 aromatic heterocycles. The predicted molar refractivity (Wildman–Crippen MR) is 60.9 cm³/mol. The molecule has 0 saturated carbocycles. The van der Waals surface area contributed by atoms with E-state index in [4.69, 9.17) is 19.5 Å². The van der Waals surface area contributed by atoms with Crippen molar-refractivity contribution in [1.29, 1.82) is 5.26 Å². The molecule has 4 nitrogen and oxygen atoms in total. The molecule has 1 heterocycles. The summed E-state index contributed by atoms with van der Waals surface area (Å²) in [5, 5.41) is 8.70. The summed E-state index contributed by atoms with van der Waals surface area (Å²) in [6.45, 7) is 0. The van der Waals surface area contributed by atoms with Crippen LogP contribution >= 0.6 is 0 Å². The molecule has 0 radical (unpaired) electrons. The van der Waals surface area contributed by atoms with E-state index in [1.165, 1.54) is 19.2 Å². The number of nitrogens with zero attached hydrogens (tertiary/aromatic N) is 1. The van der Waals surface area contributed by atoms with Crippen molar-refractivity contribution in [3.05, 3.63) is 35.1 Å². The van der Waals surface area contributed by atoms with E-state index in [2.05, 4.69) is 0 Å². The minimum atomic E-state index is -0.991. The lowest BCUT2D eigenvalue weighted by Crippen LogP contribution is -2.29. The Morgan fingerprint density at radius 3 is 2.78 bits per heavy atom. The van der Waals surface area contributed by atoms with Gasteiger partial charge in [0.1, 0.15) is 11.9 Å². The third-order valence-electron chi connectivity index (χ3n) is 3.15. The van der Waals surface area contributed by atoms with E-state index >= 15 is 0 Å². The highest BCUT2D eigenvalue weighted by molar-refractivity contribution is 5.35. The summed E-state index contributed by atoms with van der Waals surface area (Å²) >= 11 is 0. The monoisotopic (exact) mass is 251 g/mol. The highest BCUT2D eigenvalue weighted by atomic mass is 19.1. The van der Waals surface area contributed by atoms with Crippen molar-refractivity contribution in [2.24, 2.45) is 0 Å². The number of hydrogen-bond acceptors (Lipinski definition) is 4. The summed E-state index contributed by atoms with van der Waals surface area (Å²) in [4.78, 5) is 0. The minimum Gasteiger partial charge on any atom is -0.356 e. The SMILES string of the molecule is COC1CCC(OC)(c2ccc(C#N)c(F)c2)O1. The molecule has 0 bridgehead atoms. The molecule has 1 aromatic carbocycles. The lowest BCUT2D eigenvalue weighted by molar-refractivity contribution is -0.264. The van der Waals surface area contributed by atoms with Gasteiger partial charge in [0.15, 0.2) is 12.1 Å². The Labute approximate surface area is 105 Å². The van der Waals surface area contributed by atoms with Crippen LogP contribution in [-0.2, 0) is 20.0 Å². The number of rotatable bonds is 3. The maximum atomic E-state index is 13.6. The van der Waals surface area contributed by atoms with Gasteiger partial charge in [-0.2, -0.15) is 5.26 Å². The number of hydrogen-bond donors (Lipinski definition) is 0. The fourth-order valence-electron chi connectivity index (χ4n) is 2.13. The van der Waals surface area contributed by atoms with Gasteiger partial charge in [0, 0.05) is 32.6 Å². The molecular formula is C13H14FNO3. The van der Waals surface area contributed by atoms with Crippen LogP contribution in [0.2, 0.25) is 0 Å². The first kappa shape index (κ1) is 13.0. The van der Waals surface area contributed by atoms with Crippen LogP contribution in [0.4, 0.5) is 4.39 Å². The Morgan fingerprint density at radius 2 is 2.28 bits per heavy atom. The summed E-state index contributed by atoms with van der Waals surface area (Å²) < 4.78 is 29.8. The third-order valence-corrected chi connectivity index (χ3v) is 3.15. The molecule has 0 spiro atoms. The van der Waals surface area contributed by atoms with Crippen molar-refractivity contribution >= 4 is 0 Å². The Morgan fingerprint density at radius 1 is 1.50 bits per heavy atom. The molecule has 1 aromatic rings. The van der Waals surface area contributed by atoms with E-state index in [-0.39, 0.29) is 11.9 Å². The van der Waals surface area contributed by atoms with Gasteiger partial charge >= 0.3 is 0 Å². The second-order valence-electron chi connectivity index (χ2n) is 4.09. The van der Waals surface area contributed by atoms with Crippen LogP contribution in [0.3, 0.4) is 0 Å². The normalized spacial score (nSPS) is 27.1. The molecule has 1 aliphatic rings. The minimum absolute atomic E-state index is 0.00583. The van der Waals surface area contributed by atoms with E-state index < -0.39 is 11.6 Å². The quantitative estimate of drug-likeness (QED) is 0.827.